The highest BCUT2D eigenvalue weighted by molar-refractivity contribution is 5.91. The summed E-state index contributed by atoms with van der Waals surface area (Å²) in [6.45, 7) is 2.99. The molecule has 2 aromatic rings. The van der Waals surface area contributed by atoms with Crippen molar-refractivity contribution in [1.82, 2.24) is 4.90 Å². The molecule has 0 saturated heterocycles. The number of methoxy groups -OCH3 is 2. The Bertz CT molecular complexity index is 753. The number of likely N-dealkylation sites (N-methyl/N-ethyl adjacent to an activating group) is 1. The van der Waals surface area contributed by atoms with Crippen molar-refractivity contribution < 1.29 is 19.0 Å². The van der Waals surface area contributed by atoms with Crippen LogP contribution in [-0.2, 0) is 11.3 Å². The second kappa shape index (κ2) is 9.51. The van der Waals surface area contributed by atoms with Crippen LogP contribution in [0.25, 0.3) is 6.08 Å². The molecule has 0 unspecified atom stereocenters. The fourth-order valence-electron chi connectivity index (χ4n) is 2.44. The molecule has 0 heterocycles. The second-order valence-electron chi connectivity index (χ2n) is 5.72. The van der Waals surface area contributed by atoms with Gasteiger partial charge in [0, 0.05) is 19.7 Å². The largest absolute Gasteiger partial charge is 0.497 e. The number of hydrogen-bond acceptors (Lipinski definition) is 4. The molecule has 0 aromatic heterocycles. The van der Waals surface area contributed by atoms with Gasteiger partial charge in [-0.05, 0) is 48.4 Å². The third kappa shape index (κ3) is 5.28. The predicted molar refractivity (Wildman–Crippen MR) is 103 cm³/mol. The molecule has 0 saturated carbocycles. The van der Waals surface area contributed by atoms with E-state index in [2.05, 4.69) is 0 Å². The van der Waals surface area contributed by atoms with Crippen molar-refractivity contribution in [3.63, 3.8) is 0 Å². The van der Waals surface area contributed by atoms with Gasteiger partial charge in [-0.15, -0.1) is 0 Å². The Hall–Kier alpha value is -2.95. The molecule has 5 heteroatoms. The van der Waals surface area contributed by atoms with Crippen LogP contribution < -0.4 is 14.2 Å². The van der Waals surface area contributed by atoms with Gasteiger partial charge in [-0.1, -0.05) is 18.2 Å². The van der Waals surface area contributed by atoms with Crippen molar-refractivity contribution in [3.05, 3.63) is 59.7 Å². The van der Waals surface area contributed by atoms with Gasteiger partial charge in [-0.3, -0.25) is 4.79 Å². The van der Waals surface area contributed by atoms with Gasteiger partial charge in [-0.25, -0.2) is 0 Å². The summed E-state index contributed by atoms with van der Waals surface area (Å²) in [5.41, 5.74) is 1.92. The maximum absolute atomic E-state index is 12.3. The van der Waals surface area contributed by atoms with E-state index in [0.29, 0.717) is 24.7 Å². The van der Waals surface area contributed by atoms with Crippen molar-refractivity contribution in [1.29, 1.82) is 0 Å². The van der Waals surface area contributed by atoms with E-state index in [0.717, 1.165) is 16.9 Å². The van der Waals surface area contributed by atoms with Crippen LogP contribution in [0.1, 0.15) is 18.1 Å². The number of carbonyl (C=O) groups is 1. The summed E-state index contributed by atoms with van der Waals surface area (Å²) >= 11 is 0. The first-order valence-corrected chi connectivity index (χ1v) is 8.44. The van der Waals surface area contributed by atoms with Gasteiger partial charge in [0.05, 0.1) is 20.8 Å². The van der Waals surface area contributed by atoms with E-state index in [9.17, 15) is 4.79 Å². The van der Waals surface area contributed by atoms with E-state index >= 15 is 0 Å². The van der Waals surface area contributed by atoms with Crippen LogP contribution in [0.2, 0.25) is 0 Å². The van der Waals surface area contributed by atoms with Gasteiger partial charge >= 0.3 is 0 Å². The molecule has 0 fully saturated rings. The van der Waals surface area contributed by atoms with Crippen molar-refractivity contribution in [2.75, 3.05) is 27.9 Å². The minimum Gasteiger partial charge on any atom is -0.497 e. The summed E-state index contributed by atoms with van der Waals surface area (Å²) in [7, 11) is 5.01. The molecule has 2 rings (SSSR count). The highest BCUT2D eigenvalue weighted by atomic mass is 16.5. The minimum atomic E-state index is -0.0744. The number of hydrogen-bond donors (Lipinski definition) is 0. The van der Waals surface area contributed by atoms with E-state index in [1.54, 1.807) is 38.3 Å². The molecule has 0 atom stereocenters. The van der Waals surface area contributed by atoms with E-state index in [1.165, 1.54) is 0 Å². The predicted octanol–water partition coefficient (Wildman–Crippen LogP) is 3.77. The fraction of sp³-hybridized carbons (Fsp3) is 0.286. The normalized spacial score (nSPS) is 10.6. The number of amides is 1. The average molecular weight is 355 g/mol. The zero-order chi connectivity index (χ0) is 18.9. The van der Waals surface area contributed by atoms with E-state index in [-0.39, 0.29) is 5.91 Å². The second-order valence-corrected chi connectivity index (χ2v) is 5.72. The molecule has 0 spiro atoms. The van der Waals surface area contributed by atoms with Crippen LogP contribution in [0.3, 0.4) is 0 Å². The minimum absolute atomic E-state index is 0.0744. The first-order valence-electron chi connectivity index (χ1n) is 8.44. The van der Waals surface area contributed by atoms with Crippen LogP contribution in [0.4, 0.5) is 0 Å². The molecule has 26 heavy (non-hydrogen) atoms. The van der Waals surface area contributed by atoms with Crippen LogP contribution in [0, 0.1) is 0 Å². The lowest BCUT2D eigenvalue weighted by atomic mass is 10.1. The number of nitrogens with zero attached hydrogens (tertiary/aromatic N) is 1. The van der Waals surface area contributed by atoms with Gasteiger partial charge in [0.25, 0.3) is 0 Å². The van der Waals surface area contributed by atoms with Gasteiger partial charge in [0.1, 0.15) is 5.75 Å². The molecular weight excluding hydrogens is 330 g/mol. The topological polar surface area (TPSA) is 48.0 Å². The number of benzene rings is 2. The Morgan fingerprint density at radius 2 is 1.77 bits per heavy atom. The van der Waals surface area contributed by atoms with Crippen LogP contribution in [0.15, 0.2) is 48.5 Å². The Morgan fingerprint density at radius 3 is 2.38 bits per heavy atom. The van der Waals surface area contributed by atoms with Gasteiger partial charge in [0.2, 0.25) is 5.91 Å². The lowest BCUT2D eigenvalue weighted by Gasteiger charge is -2.15. The van der Waals surface area contributed by atoms with Gasteiger partial charge < -0.3 is 19.1 Å². The fourth-order valence-corrected chi connectivity index (χ4v) is 2.44. The van der Waals surface area contributed by atoms with Crippen molar-refractivity contribution in [2.45, 2.75) is 13.5 Å². The Morgan fingerprint density at radius 1 is 1.04 bits per heavy atom. The third-order valence-electron chi connectivity index (χ3n) is 3.86. The average Bonchev–Trinajstić information content (AvgIpc) is 2.67. The monoisotopic (exact) mass is 355 g/mol. The molecule has 1 amide bonds. The van der Waals surface area contributed by atoms with E-state index in [1.807, 2.05) is 49.4 Å². The van der Waals surface area contributed by atoms with Crippen molar-refractivity contribution >= 4 is 12.0 Å². The van der Waals surface area contributed by atoms with Crippen LogP contribution in [0.5, 0.6) is 17.2 Å². The molecule has 0 aliphatic carbocycles. The third-order valence-corrected chi connectivity index (χ3v) is 3.86. The first kappa shape index (κ1) is 19.4. The molecule has 0 radical (unpaired) electrons. The number of rotatable bonds is 8. The molecule has 0 aliphatic heterocycles. The lowest BCUT2D eigenvalue weighted by Crippen LogP contribution is -2.24. The SMILES string of the molecule is CCOc1cc(/C=C/C(=O)N(C)Cc2ccc(OC)cc2)ccc1OC. The summed E-state index contributed by atoms with van der Waals surface area (Å²) in [6.07, 6.45) is 3.33. The summed E-state index contributed by atoms with van der Waals surface area (Å²) in [6, 6.07) is 13.2. The molecular formula is C21H25NO4. The molecule has 5 nitrogen and oxygen atoms in total. The van der Waals surface area contributed by atoms with E-state index < -0.39 is 0 Å². The summed E-state index contributed by atoms with van der Waals surface area (Å²) in [4.78, 5) is 14.0. The molecule has 0 N–H and O–H groups in total. The van der Waals surface area contributed by atoms with Crippen molar-refractivity contribution in [3.8, 4) is 17.2 Å². The zero-order valence-corrected chi connectivity index (χ0v) is 15.7. The van der Waals surface area contributed by atoms with Crippen molar-refractivity contribution in [2.24, 2.45) is 0 Å². The number of ether oxygens (including phenoxy) is 3. The molecule has 0 aliphatic rings. The highest BCUT2D eigenvalue weighted by Gasteiger charge is 2.07. The zero-order valence-electron chi connectivity index (χ0n) is 15.7. The van der Waals surface area contributed by atoms with E-state index in [4.69, 9.17) is 14.2 Å². The lowest BCUT2D eigenvalue weighted by molar-refractivity contribution is -0.125. The smallest absolute Gasteiger partial charge is 0.246 e. The summed E-state index contributed by atoms with van der Waals surface area (Å²) < 4.78 is 16.0. The standard InChI is InChI=1S/C21H25NO4/c1-5-26-20-14-16(8-12-19(20)25-4)9-13-21(23)22(2)15-17-6-10-18(24-3)11-7-17/h6-14H,5,15H2,1-4H3/b13-9+. The summed E-state index contributed by atoms with van der Waals surface area (Å²) in [5.74, 6) is 2.06. The van der Waals surface area contributed by atoms with Crippen LogP contribution in [-0.4, -0.2) is 38.7 Å². The molecule has 138 valence electrons. The quantitative estimate of drug-likeness (QED) is 0.676. The maximum Gasteiger partial charge on any atom is 0.246 e. The maximum atomic E-state index is 12.3. The van der Waals surface area contributed by atoms with Gasteiger partial charge in [0.15, 0.2) is 11.5 Å². The molecule has 0 bridgehead atoms. The van der Waals surface area contributed by atoms with Crippen LogP contribution >= 0.6 is 0 Å². The molecule has 2 aromatic carbocycles. The first-order chi connectivity index (χ1) is 12.6. The number of carbonyl (C=O) groups excluding carboxylic acids is 1. The Balaban J connectivity index is 2.02. The summed E-state index contributed by atoms with van der Waals surface area (Å²) in [5, 5.41) is 0. The highest BCUT2D eigenvalue weighted by Crippen LogP contribution is 2.28. The Labute approximate surface area is 154 Å². The Kier molecular flexibility index (Phi) is 7.09. The van der Waals surface area contributed by atoms with Gasteiger partial charge in [-0.2, -0.15) is 0 Å².